The molecule has 3 aromatic carbocycles. The van der Waals surface area contributed by atoms with Gasteiger partial charge in [0, 0.05) is 10.7 Å². The number of methoxy groups -OCH3 is 1. The number of nitrogens with one attached hydrogen (secondary N) is 3. The van der Waals surface area contributed by atoms with Gasteiger partial charge in [-0.1, -0.05) is 29.8 Å². The van der Waals surface area contributed by atoms with Gasteiger partial charge in [-0.15, -0.1) is 0 Å². The number of hydrogen-bond donors (Lipinski definition) is 4. The first-order valence-electron chi connectivity index (χ1n) is 13.5. The number of esters is 1. The second-order valence-electron chi connectivity index (χ2n) is 9.40. The number of aliphatic hydroxyl groups is 1. The van der Waals surface area contributed by atoms with E-state index in [9.17, 15) is 14.7 Å². The molecular weight excluding hydrogens is 576 g/mol. The van der Waals surface area contributed by atoms with Crippen LogP contribution in [0.15, 0.2) is 83.1 Å². The van der Waals surface area contributed by atoms with Crippen LogP contribution < -0.4 is 30.3 Å². The van der Waals surface area contributed by atoms with Crippen molar-refractivity contribution in [2.45, 2.75) is 32.7 Å². The highest BCUT2D eigenvalue weighted by Crippen LogP contribution is 2.35. The summed E-state index contributed by atoms with van der Waals surface area (Å²) in [4.78, 5) is 24.5. The van der Waals surface area contributed by atoms with Gasteiger partial charge in [-0.2, -0.15) is 5.10 Å². The second-order valence-corrected chi connectivity index (χ2v) is 9.84. The van der Waals surface area contributed by atoms with Gasteiger partial charge in [-0.05, 0) is 79.1 Å². The van der Waals surface area contributed by atoms with Crippen LogP contribution in [0.25, 0.3) is 0 Å². The predicted octanol–water partition coefficient (Wildman–Crippen LogP) is 4.44. The number of carbonyl (C=O) groups excluding carboxylic acids is 2. The zero-order chi connectivity index (χ0) is 30.8. The molecule has 1 aliphatic rings. The summed E-state index contributed by atoms with van der Waals surface area (Å²) in [5.41, 5.74) is 5.65. The lowest BCUT2D eigenvalue weighted by atomic mass is 9.95. The Morgan fingerprint density at radius 1 is 1.09 bits per heavy atom. The Kier molecular flexibility index (Phi) is 10.8. The molecule has 2 atom stereocenters. The van der Waals surface area contributed by atoms with Crippen LogP contribution in [0.4, 0.5) is 4.79 Å². The zero-order valence-electron chi connectivity index (χ0n) is 23.9. The van der Waals surface area contributed by atoms with E-state index in [0.717, 1.165) is 11.1 Å². The average molecular weight is 609 g/mol. The number of halogens is 1. The summed E-state index contributed by atoms with van der Waals surface area (Å²) < 4.78 is 22.2. The van der Waals surface area contributed by atoms with E-state index in [1.54, 1.807) is 31.3 Å². The van der Waals surface area contributed by atoms with Crippen LogP contribution in [0.2, 0.25) is 5.02 Å². The first-order valence-corrected chi connectivity index (χ1v) is 13.8. The lowest BCUT2D eigenvalue weighted by Crippen LogP contribution is -2.45. The van der Waals surface area contributed by atoms with Crippen LogP contribution in [-0.4, -0.2) is 49.9 Å². The molecule has 12 heteroatoms. The number of rotatable bonds is 13. The maximum Gasteiger partial charge on any atom is 0.337 e. The molecule has 4 rings (SSSR count). The molecule has 0 fully saturated rings. The maximum atomic E-state index is 12.4. The van der Waals surface area contributed by atoms with Crippen molar-refractivity contribution in [3.8, 4) is 17.2 Å². The lowest BCUT2D eigenvalue weighted by molar-refractivity contribution is -0.136. The summed E-state index contributed by atoms with van der Waals surface area (Å²) in [6.45, 7) is 4.05. The fourth-order valence-corrected chi connectivity index (χ4v) is 4.48. The fourth-order valence-electron chi connectivity index (χ4n) is 4.26. The van der Waals surface area contributed by atoms with E-state index in [4.69, 9.17) is 30.5 Å². The number of hydrazone groups is 1. The van der Waals surface area contributed by atoms with Crippen molar-refractivity contribution in [1.29, 1.82) is 0 Å². The standard InChI is InChI=1S/C31H33ClN4O7/c1-4-41-26-15-22(29-28(30(38)40-3)19(2)34-31(39)35-29)10-13-25(26)43-18-27(37)36-33-16-20-8-11-24(12-9-20)42-17-21-6-5-7-23(32)14-21/h5-16,27,29,36-37H,4,17-18H2,1-3H3,(H2,34,35,39)/b33-16+/t27-,29+/m1/s1. The fraction of sp³-hybridized carbons (Fsp3) is 0.258. The Labute approximate surface area is 254 Å². The highest BCUT2D eigenvalue weighted by Gasteiger charge is 2.32. The van der Waals surface area contributed by atoms with Crippen LogP contribution in [0.3, 0.4) is 0 Å². The molecule has 0 bridgehead atoms. The maximum absolute atomic E-state index is 12.4. The van der Waals surface area contributed by atoms with E-state index in [2.05, 4.69) is 21.2 Å². The van der Waals surface area contributed by atoms with Gasteiger partial charge in [-0.3, -0.25) is 5.43 Å². The van der Waals surface area contributed by atoms with Crippen molar-refractivity contribution in [2.75, 3.05) is 20.3 Å². The number of amides is 2. The van der Waals surface area contributed by atoms with E-state index < -0.39 is 24.3 Å². The van der Waals surface area contributed by atoms with Gasteiger partial charge >= 0.3 is 12.0 Å². The van der Waals surface area contributed by atoms with E-state index in [-0.39, 0.29) is 12.2 Å². The monoisotopic (exact) mass is 608 g/mol. The minimum atomic E-state index is -1.12. The van der Waals surface area contributed by atoms with Gasteiger partial charge in [0.1, 0.15) is 19.0 Å². The Hall–Kier alpha value is -4.74. The molecule has 0 unspecified atom stereocenters. The van der Waals surface area contributed by atoms with Crippen molar-refractivity contribution in [3.05, 3.63) is 99.7 Å². The van der Waals surface area contributed by atoms with Crippen molar-refractivity contribution < 1.29 is 33.6 Å². The molecule has 43 heavy (non-hydrogen) atoms. The lowest BCUT2D eigenvalue weighted by Gasteiger charge is -2.28. The smallest absolute Gasteiger partial charge is 0.337 e. The summed E-state index contributed by atoms with van der Waals surface area (Å²) in [6, 6.07) is 18.6. The van der Waals surface area contributed by atoms with Crippen molar-refractivity contribution in [3.63, 3.8) is 0 Å². The average Bonchev–Trinajstić information content (AvgIpc) is 2.99. The Balaban J connectivity index is 1.32. The van der Waals surface area contributed by atoms with Crippen molar-refractivity contribution in [1.82, 2.24) is 16.1 Å². The number of ether oxygens (including phenoxy) is 4. The molecule has 0 spiro atoms. The number of benzene rings is 3. The summed E-state index contributed by atoms with van der Waals surface area (Å²) in [6.07, 6.45) is 0.442. The van der Waals surface area contributed by atoms with E-state index in [0.29, 0.717) is 46.7 Å². The number of urea groups is 1. The number of allylic oxidation sites excluding steroid dienone is 1. The number of hydrogen-bond acceptors (Lipinski definition) is 9. The minimum Gasteiger partial charge on any atom is -0.490 e. The molecule has 226 valence electrons. The minimum absolute atomic E-state index is 0.135. The number of aliphatic hydroxyl groups excluding tert-OH is 1. The number of nitrogens with zero attached hydrogens (tertiary/aromatic N) is 1. The third kappa shape index (κ3) is 8.63. The normalized spacial score (nSPS) is 15.4. The van der Waals surface area contributed by atoms with E-state index in [1.165, 1.54) is 7.11 Å². The molecule has 3 aromatic rings. The third-order valence-electron chi connectivity index (χ3n) is 6.28. The van der Waals surface area contributed by atoms with Crippen molar-refractivity contribution in [2.24, 2.45) is 5.10 Å². The van der Waals surface area contributed by atoms with Gasteiger partial charge in [0.25, 0.3) is 0 Å². The zero-order valence-corrected chi connectivity index (χ0v) is 24.7. The first-order chi connectivity index (χ1) is 20.8. The molecule has 0 saturated heterocycles. The van der Waals surface area contributed by atoms with Crippen molar-refractivity contribution >= 4 is 29.8 Å². The number of carbonyl (C=O) groups is 2. The Morgan fingerprint density at radius 2 is 1.88 bits per heavy atom. The molecule has 0 saturated carbocycles. The predicted molar refractivity (Wildman–Crippen MR) is 161 cm³/mol. The highest BCUT2D eigenvalue weighted by molar-refractivity contribution is 6.30. The summed E-state index contributed by atoms with van der Waals surface area (Å²) in [5, 5.41) is 20.4. The molecule has 11 nitrogen and oxygen atoms in total. The van der Waals surface area contributed by atoms with Crippen LogP contribution in [0, 0.1) is 0 Å². The van der Waals surface area contributed by atoms with Crippen LogP contribution >= 0.6 is 11.6 Å². The third-order valence-corrected chi connectivity index (χ3v) is 6.52. The first kappa shape index (κ1) is 31.2. The quantitative estimate of drug-likeness (QED) is 0.0967. The Morgan fingerprint density at radius 3 is 2.60 bits per heavy atom. The van der Waals surface area contributed by atoms with Gasteiger partial charge in [0.05, 0.1) is 31.5 Å². The SMILES string of the molecule is CCOc1cc([C@@H]2NC(=O)NC(C)=C2C(=O)OC)ccc1OC[C@@H](O)N/N=C/c1ccc(OCc2cccc(Cl)c2)cc1. The molecule has 0 aliphatic carbocycles. The van der Waals surface area contributed by atoms with Crippen LogP contribution in [-0.2, 0) is 16.1 Å². The molecular formula is C31H33ClN4O7. The van der Waals surface area contributed by atoms with Gasteiger partial charge in [0.2, 0.25) is 0 Å². The molecule has 0 aromatic heterocycles. The van der Waals surface area contributed by atoms with Gasteiger partial charge in [0.15, 0.2) is 17.7 Å². The molecule has 2 amide bonds. The second kappa shape index (κ2) is 14.9. The highest BCUT2D eigenvalue weighted by atomic mass is 35.5. The van der Waals surface area contributed by atoms with Gasteiger partial charge in [-0.25, -0.2) is 9.59 Å². The molecule has 4 N–H and O–H groups in total. The summed E-state index contributed by atoms with van der Waals surface area (Å²) in [7, 11) is 1.28. The topological polar surface area (TPSA) is 140 Å². The van der Waals surface area contributed by atoms with Crippen LogP contribution in [0.1, 0.15) is 36.6 Å². The van der Waals surface area contributed by atoms with Gasteiger partial charge < -0.3 is 34.7 Å². The summed E-state index contributed by atoms with van der Waals surface area (Å²) >= 11 is 6.01. The largest absolute Gasteiger partial charge is 0.490 e. The molecule has 1 heterocycles. The van der Waals surface area contributed by atoms with E-state index in [1.807, 2.05) is 55.5 Å². The van der Waals surface area contributed by atoms with E-state index >= 15 is 0 Å². The Bertz CT molecular complexity index is 1490. The van der Waals surface area contributed by atoms with Crippen LogP contribution in [0.5, 0.6) is 17.2 Å². The molecule has 1 aliphatic heterocycles. The molecule has 0 radical (unpaired) electrons. The summed E-state index contributed by atoms with van der Waals surface area (Å²) in [5.74, 6) is 0.873.